The second-order valence-electron chi connectivity index (χ2n) is 8.04. The van der Waals surface area contributed by atoms with E-state index in [0.717, 1.165) is 49.4 Å². The third-order valence-corrected chi connectivity index (χ3v) is 11.2. The molecule has 0 heterocycles. The van der Waals surface area contributed by atoms with Crippen LogP contribution in [0.4, 0.5) is 4.39 Å². The van der Waals surface area contributed by atoms with E-state index in [9.17, 15) is 4.39 Å². The van der Waals surface area contributed by atoms with Crippen LogP contribution in [0.5, 0.6) is 0 Å². The molecule has 0 fully saturated rings. The smallest absolute Gasteiger partial charge is 0.192 e. The van der Waals surface area contributed by atoms with Crippen molar-refractivity contribution in [2.75, 3.05) is 0 Å². The van der Waals surface area contributed by atoms with Crippen molar-refractivity contribution in [2.24, 2.45) is 5.41 Å². The summed E-state index contributed by atoms with van der Waals surface area (Å²) in [4.78, 5) is 0. The molecule has 0 saturated heterocycles. The van der Waals surface area contributed by atoms with Crippen molar-refractivity contribution < 1.29 is 8.82 Å². The average molecular weight is 422 g/mol. The van der Waals surface area contributed by atoms with Crippen LogP contribution in [-0.2, 0) is 4.43 Å². The molecule has 1 aromatic rings. The quantitative estimate of drug-likeness (QED) is 0.324. The molecule has 150 valence electrons. The van der Waals surface area contributed by atoms with E-state index in [1.807, 2.05) is 0 Å². The second-order valence-corrected chi connectivity index (χ2v) is 13.6. The molecule has 26 heavy (non-hydrogen) atoms. The lowest BCUT2D eigenvalue weighted by molar-refractivity contribution is 0.167. The summed E-state index contributed by atoms with van der Waals surface area (Å²) in [6.45, 7) is 13.5. The monoisotopic (exact) mass is 420 g/mol. The topological polar surface area (TPSA) is 9.23 Å². The van der Waals surface area contributed by atoms with Crippen LogP contribution < -0.4 is 0 Å². The molecule has 1 rings (SSSR count). The van der Waals surface area contributed by atoms with Gasteiger partial charge in [-0.05, 0) is 48.5 Å². The van der Waals surface area contributed by atoms with Gasteiger partial charge in [0.25, 0.3) is 0 Å². The first-order valence-electron chi connectivity index (χ1n) is 9.95. The number of benzene rings is 1. The summed E-state index contributed by atoms with van der Waals surface area (Å²) < 4.78 is 20.4. The minimum atomic E-state index is -1.84. The summed E-state index contributed by atoms with van der Waals surface area (Å²) in [5.74, 6) is -0.403. The Morgan fingerprint density at radius 2 is 1.54 bits per heavy atom. The van der Waals surface area contributed by atoms with E-state index in [2.05, 4.69) is 41.5 Å². The Labute approximate surface area is 170 Å². The summed E-state index contributed by atoms with van der Waals surface area (Å²) >= 11 is 12.8. The maximum absolute atomic E-state index is 13.7. The van der Waals surface area contributed by atoms with Crippen LogP contribution in [0.25, 0.3) is 0 Å². The van der Waals surface area contributed by atoms with Crippen LogP contribution in [-0.4, -0.2) is 8.32 Å². The van der Waals surface area contributed by atoms with Gasteiger partial charge in [-0.15, -0.1) is 0 Å². The first-order valence-corrected chi connectivity index (χ1v) is 13.2. The van der Waals surface area contributed by atoms with Gasteiger partial charge in [-0.2, -0.15) is 0 Å². The van der Waals surface area contributed by atoms with Gasteiger partial charge in [-0.25, -0.2) is 4.39 Å². The Hall–Kier alpha value is -0.0931. The van der Waals surface area contributed by atoms with Gasteiger partial charge in [-0.3, -0.25) is 0 Å². The minimum absolute atomic E-state index is 0.158. The maximum atomic E-state index is 13.7. The van der Waals surface area contributed by atoms with Crippen LogP contribution in [0.15, 0.2) is 12.1 Å². The molecule has 0 amide bonds. The van der Waals surface area contributed by atoms with Crippen molar-refractivity contribution in [3.8, 4) is 0 Å². The molecule has 5 heteroatoms. The van der Waals surface area contributed by atoms with E-state index in [4.69, 9.17) is 27.6 Å². The fourth-order valence-corrected chi connectivity index (χ4v) is 6.91. The number of hydrogen-bond donors (Lipinski definition) is 0. The van der Waals surface area contributed by atoms with E-state index < -0.39 is 14.1 Å². The number of rotatable bonds is 11. The molecule has 0 aliphatic rings. The maximum Gasteiger partial charge on any atom is 0.192 e. The molecule has 0 spiro atoms. The summed E-state index contributed by atoms with van der Waals surface area (Å²) in [6, 6.07) is 5.89. The standard InChI is InChI=1S/C21H35Cl2FOSi/c1-7-21(5,6)13-11-12-19(25-26(8-2,9-3)10-4)20-17(22)14-16(24)15-18(20)23/h14-15,19H,7-13H2,1-6H3. The summed E-state index contributed by atoms with van der Waals surface area (Å²) in [7, 11) is -1.84. The van der Waals surface area contributed by atoms with Crippen LogP contribution in [0.1, 0.15) is 78.9 Å². The van der Waals surface area contributed by atoms with E-state index >= 15 is 0 Å². The zero-order chi connectivity index (χ0) is 20.0. The molecule has 1 nitrogen and oxygen atoms in total. The fraction of sp³-hybridized carbons (Fsp3) is 0.714. The minimum Gasteiger partial charge on any atom is -0.410 e. The lowest BCUT2D eigenvalue weighted by atomic mass is 9.84. The van der Waals surface area contributed by atoms with E-state index in [1.54, 1.807) is 0 Å². The predicted molar refractivity (Wildman–Crippen MR) is 115 cm³/mol. The van der Waals surface area contributed by atoms with Crippen molar-refractivity contribution in [1.29, 1.82) is 0 Å². The van der Waals surface area contributed by atoms with E-state index in [0.29, 0.717) is 15.5 Å². The van der Waals surface area contributed by atoms with Gasteiger partial charge in [0.1, 0.15) is 5.82 Å². The highest BCUT2D eigenvalue weighted by Gasteiger charge is 2.34. The third-order valence-electron chi connectivity index (χ3n) is 5.97. The molecule has 0 aliphatic carbocycles. The number of hydrogen-bond acceptors (Lipinski definition) is 1. The van der Waals surface area contributed by atoms with Crippen LogP contribution in [0, 0.1) is 11.2 Å². The SMILES string of the molecule is CCC(C)(C)CCCC(O[Si](CC)(CC)CC)c1c(Cl)cc(F)cc1Cl. The molecular weight excluding hydrogens is 386 g/mol. The van der Waals surface area contributed by atoms with Gasteiger partial charge in [-0.1, -0.05) is 77.6 Å². The predicted octanol–water partition coefficient (Wildman–Crippen LogP) is 8.80. The molecule has 0 aliphatic heterocycles. The van der Waals surface area contributed by atoms with Crippen molar-refractivity contribution in [2.45, 2.75) is 91.5 Å². The molecule has 0 radical (unpaired) electrons. The molecule has 1 aromatic carbocycles. The molecule has 0 saturated carbocycles. The van der Waals surface area contributed by atoms with Gasteiger partial charge in [0.2, 0.25) is 0 Å². The molecular formula is C21H35Cl2FOSi. The zero-order valence-corrected chi connectivity index (χ0v) is 19.7. The van der Waals surface area contributed by atoms with Gasteiger partial charge >= 0.3 is 0 Å². The van der Waals surface area contributed by atoms with Gasteiger partial charge in [0.15, 0.2) is 8.32 Å². The lowest BCUT2D eigenvalue weighted by Crippen LogP contribution is -2.37. The summed E-state index contributed by atoms with van der Waals surface area (Å²) in [6.07, 6.45) is 4.02. The third kappa shape index (κ3) is 6.51. The van der Waals surface area contributed by atoms with Crippen molar-refractivity contribution >= 4 is 31.5 Å². The van der Waals surface area contributed by atoms with Crippen molar-refractivity contribution in [1.82, 2.24) is 0 Å². The highest BCUT2D eigenvalue weighted by Crippen LogP contribution is 2.41. The Morgan fingerprint density at radius 1 is 1.04 bits per heavy atom. The number of halogens is 3. The second kappa shape index (κ2) is 10.5. The highest BCUT2D eigenvalue weighted by atomic mass is 35.5. The molecule has 1 atom stereocenters. The lowest BCUT2D eigenvalue weighted by Gasteiger charge is -2.35. The molecule has 0 bridgehead atoms. The first kappa shape index (κ1) is 23.9. The van der Waals surface area contributed by atoms with E-state index in [-0.39, 0.29) is 6.10 Å². The summed E-state index contributed by atoms with van der Waals surface area (Å²) in [5, 5.41) is 0.752. The largest absolute Gasteiger partial charge is 0.410 e. The van der Waals surface area contributed by atoms with Gasteiger partial charge in [0.05, 0.1) is 16.1 Å². The highest BCUT2D eigenvalue weighted by molar-refractivity contribution is 6.73. The Bertz CT molecular complexity index is 542. The first-order chi connectivity index (χ1) is 12.1. The normalized spacial score (nSPS) is 13.9. The van der Waals surface area contributed by atoms with Gasteiger partial charge in [0, 0.05) is 5.56 Å². The van der Waals surface area contributed by atoms with Gasteiger partial charge < -0.3 is 4.43 Å². The zero-order valence-electron chi connectivity index (χ0n) is 17.2. The molecule has 0 N–H and O–H groups in total. The van der Waals surface area contributed by atoms with Crippen LogP contribution in [0.3, 0.4) is 0 Å². The van der Waals surface area contributed by atoms with E-state index in [1.165, 1.54) is 12.1 Å². The summed E-state index contributed by atoms with van der Waals surface area (Å²) in [5.41, 5.74) is 1.08. The van der Waals surface area contributed by atoms with Crippen molar-refractivity contribution in [3.05, 3.63) is 33.6 Å². The van der Waals surface area contributed by atoms with Crippen molar-refractivity contribution in [3.63, 3.8) is 0 Å². The Kier molecular flexibility index (Phi) is 9.63. The Balaban J connectivity index is 3.14. The fourth-order valence-electron chi connectivity index (χ4n) is 3.37. The van der Waals surface area contributed by atoms with Crippen LogP contribution >= 0.6 is 23.2 Å². The average Bonchev–Trinajstić information content (AvgIpc) is 2.58. The molecule has 0 aromatic heterocycles. The van der Waals surface area contributed by atoms with Crippen LogP contribution in [0.2, 0.25) is 28.2 Å². The molecule has 1 unspecified atom stereocenters. The Morgan fingerprint density at radius 3 is 1.96 bits per heavy atom.